The van der Waals surface area contributed by atoms with Gasteiger partial charge in [-0.2, -0.15) is 0 Å². The van der Waals surface area contributed by atoms with Crippen LogP contribution < -0.4 is 14.8 Å². The highest BCUT2D eigenvalue weighted by molar-refractivity contribution is 5.41. The van der Waals surface area contributed by atoms with Gasteiger partial charge in [0.15, 0.2) is 0 Å². The fourth-order valence-electron chi connectivity index (χ4n) is 1.71. The molecule has 0 aliphatic heterocycles. The Bertz CT molecular complexity index is 536. The molecule has 100 valence electrons. The zero-order valence-electron chi connectivity index (χ0n) is 11.3. The molecule has 0 aliphatic carbocycles. The number of benzene rings is 1. The molecule has 0 bridgehead atoms. The predicted octanol–water partition coefficient (Wildman–Crippen LogP) is 2.41. The van der Waals surface area contributed by atoms with Gasteiger partial charge in [-0.05, 0) is 24.6 Å². The highest BCUT2D eigenvalue weighted by Crippen LogP contribution is 2.22. The van der Waals surface area contributed by atoms with E-state index in [1.807, 2.05) is 31.2 Å². The molecular weight excluding hydrogens is 242 g/mol. The first-order chi connectivity index (χ1) is 9.21. The molecule has 19 heavy (non-hydrogen) atoms. The third-order valence-electron chi connectivity index (χ3n) is 2.69. The Labute approximate surface area is 112 Å². The van der Waals surface area contributed by atoms with Gasteiger partial charge in [-0.15, -0.1) is 0 Å². The topological polar surface area (TPSA) is 56.3 Å². The van der Waals surface area contributed by atoms with Crippen molar-refractivity contribution in [2.45, 2.75) is 13.5 Å². The van der Waals surface area contributed by atoms with Crippen LogP contribution in [-0.4, -0.2) is 24.2 Å². The molecule has 2 rings (SSSR count). The first-order valence-corrected chi connectivity index (χ1v) is 5.95. The van der Waals surface area contributed by atoms with Gasteiger partial charge in [0.2, 0.25) is 0 Å². The van der Waals surface area contributed by atoms with Crippen LogP contribution in [0.5, 0.6) is 11.5 Å². The van der Waals surface area contributed by atoms with Crippen LogP contribution in [0.1, 0.15) is 11.3 Å². The molecule has 1 aromatic heterocycles. The number of hydrogen-bond donors (Lipinski definition) is 1. The van der Waals surface area contributed by atoms with E-state index in [1.54, 1.807) is 20.5 Å². The summed E-state index contributed by atoms with van der Waals surface area (Å²) in [7, 11) is 3.28. The van der Waals surface area contributed by atoms with Gasteiger partial charge >= 0.3 is 0 Å². The molecule has 0 saturated heterocycles. The monoisotopic (exact) mass is 259 g/mol. The molecule has 0 spiro atoms. The van der Waals surface area contributed by atoms with Crippen LogP contribution in [0.4, 0.5) is 5.82 Å². The number of hydrogen-bond acceptors (Lipinski definition) is 5. The molecule has 0 atom stereocenters. The normalized spacial score (nSPS) is 10.1. The van der Waals surface area contributed by atoms with Crippen LogP contribution in [0, 0.1) is 6.92 Å². The largest absolute Gasteiger partial charge is 0.497 e. The number of rotatable bonds is 5. The highest BCUT2D eigenvalue weighted by atomic mass is 16.5. The molecule has 0 unspecified atom stereocenters. The van der Waals surface area contributed by atoms with Crippen molar-refractivity contribution in [3.8, 4) is 11.5 Å². The van der Waals surface area contributed by atoms with E-state index in [0.717, 1.165) is 28.6 Å². The maximum atomic E-state index is 5.24. The molecule has 5 heteroatoms. The van der Waals surface area contributed by atoms with E-state index in [4.69, 9.17) is 9.47 Å². The van der Waals surface area contributed by atoms with Crippen LogP contribution in [0.25, 0.3) is 0 Å². The molecule has 2 aromatic rings. The van der Waals surface area contributed by atoms with Crippen LogP contribution in [0.15, 0.2) is 30.6 Å². The second kappa shape index (κ2) is 6.04. The van der Waals surface area contributed by atoms with Crippen molar-refractivity contribution < 1.29 is 9.47 Å². The van der Waals surface area contributed by atoms with Gasteiger partial charge in [0.1, 0.15) is 23.6 Å². The smallest absolute Gasteiger partial charge is 0.129 e. The van der Waals surface area contributed by atoms with E-state index in [0.29, 0.717) is 6.54 Å². The second-order valence-corrected chi connectivity index (χ2v) is 4.12. The minimum atomic E-state index is 0.643. The van der Waals surface area contributed by atoms with Gasteiger partial charge in [0.05, 0.1) is 14.2 Å². The van der Waals surface area contributed by atoms with Crippen molar-refractivity contribution in [1.82, 2.24) is 9.97 Å². The highest BCUT2D eigenvalue weighted by Gasteiger charge is 2.02. The molecule has 0 fully saturated rings. The molecular formula is C14H17N3O2. The van der Waals surface area contributed by atoms with Crippen LogP contribution in [0.2, 0.25) is 0 Å². The number of aryl methyl sites for hydroxylation is 1. The molecule has 1 heterocycles. The first kappa shape index (κ1) is 13.1. The molecule has 5 nitrogen and oxygen atoms in total. The molecule has 1 aromatic carbocycles. The summed E-state index contributed by atoms with van der Waals surface area (Å²) in [4.78, 5) is 8.21. The van der Waals surface area contributed by atoms with Gasteiger partial charge in [0, 0.05) is 24.4 Å². The van der Waals surface area contributed by atoms with Gasteiger partial charge in [0.25, 0.3) is 0 Å². The van der Waals surface area contributed by atoms with Crippen LogP contribution in [-0.2, 0) is 6.54 Å². The van der Waals surface area contributed by atoms with Crippen LogP contribution in [0.3, 0.4) is 0 Å². The molecule has 0 saturated carbocycles. The third kappa shape index (κ3) is 3.58. The van der Waals surface area contributed by atoms with Crippen molar-refractivity contribution in [2.24, 2.45) is 0 Å². The molecule has 0 aliphatic rings. The Morgan fingerprint density at radius 3 is 2.26 bits per heavy atom. The summed E-state index contributed by atoms with van der Waals surface area (Å²) < 4.78 is 10.5. The van der Waals surface area contributed by atoms with E-state index in [1.165, 1.54) is 0 Å². The zero-order chi connectivity index (χ0) is 13.7. The van der Waals surface area contributed by atoms with E-state index >= 15 is 0 Å². The number of nitrogens with zero attached hydrogens (tertiary/aromatic N) is 2. The number of aromatic nitrogens is 2. The maximum absolute atomic E-state index is 5.24. The Morgan fingerprint density at radius 2 is 1.68 bits per heavy atom. The summed E-state index contributed by atoms with van der Waals surface area (Å²) in [5.74, 6) is 2.35. The van der Waals surface area contributed by atoms with Crippen molar-refractivity contribution in [3.05, 3.63) is 41.9 Å². The Hall–Kier alpha value is -2.30. The lowest BCUT2D eigenvalue weighted by molar-refractivity contribution is 0.393. The fraction of sp³-hybridized carbons (Fsp3) is 0.286. The Kier molecular flexibility index (Phi) is 4.18. The summed E-state index contributed by atoms with van der Waals surface area (Å²) in [6.07, 6.45) is 1.55. The molecule has 0 radical (unpaired) electrons. The minimum Gasteiger partial charge on any atom is -0.497 e. The van der Waals surface area contributed by atoms with Gasteiger partial charge < -0.3 is 14.8 Å². The fourth-order valence-corrected chi connectivity index (χ4v) is 1.71. The lowest BCUT2D eigenvalue weighted by atomic mass is 10.2. The summed E-state index contributed by atoms with van der Waals surface area (Å²) >= 11 is 0. The first-order valence-electron chi connectivity index (χ1n) is 5.95. The Morgan fingerprint density at radius 1 is 1.00 bits per heavy atom. The van der Waals surface area contributed by atoms with E-state index in [2.05, 4.69) is 15.3 Å². The molecule has 1 N–H and O–H groups in total. The van der Waals surface area contributed by atoms with Gasteiger partial charge in [-0.3, -0.25) is 0 Å². The minimum absolute atomic E-state index is 0.643. The number of nitrogens with one attached hydrogen (secondary N) is 1. The number of ether oxygens (including phenoxy) is 2. The molecule has 0 amide bonds. The third-order valence-corrected chi connectivity index (χ3v) is 2.69. The second-order valence-electron chi connectivity index (χ2n) is 4.12. The van der Waals surface area contributed by atoms with E-state index in [9.17, 15) is 0 Å². The quantitative estimate of drug-likeness (QED) is 0.893. The zero-order valence-corrected chi connectivity index (χ0v) is 11.3. The number of methoxy groups -OCH3 is 2. The summed E-state index contributed by atoms with van der Waals surface area (Å²) in [6, 6.07) is 7.67. The van der Waals surface area contributed by atoms with Crippen LogP contribution >= 0.6 is 0 Å². The standard InChI is InChI=1S/C14H17N3O2/c1-10-4-14(17-9-16-10)15-8-11-5-12(18-2)7-13(6-11)19-3/h4-7,9H,8H2,1-3H3,(H,15,16,17). The summed E-state index contributed by atoms with van der Waals surface area (Å²) in [5.41, 5.74) is 1.99. The van der Waals surface area contributed by atoms with E-state index < -0.39 is 0 Å². The SMILES string of the molecule is COc1cc(CNc2cc(C)ncn2)cc(OC)c1. The summed E-state index contributed by atoms with van der Waals surface area (Å²) in [5, 5.41) is 3.24. The lowest BCUT2D eigenvalue weighted by Crippen LogP contribution is -2.02. The van der Waals surface area contributed by atoms with Gasteiger partial charge in [-0.25, -0.2) is 9.97 Å². The van der Waals surface area contributed by atoms with Crippen molar-refractivity contribution in [1.29, 1.82) is 0 Å². The Balaban J connectivity index is 2.10. The van der Waals surface area contributed by atoms with E-state index in [-0.39, 0.29) is 0 Å². The average Bonchev–Trinajstić information content (AvgIpc) is 2.44. The van der Waals surface area contributed by atoms with Crippen molar-refractivity contribution in [3.63, 3.8) is 0 Å². The van der Waals surface area contributed by atoms with Crippen molar-refractivity contribution >= 4 is 5.82 Å². The number of anilines is 1. The van der Waals surface area contributed by atoms with Crippen molar-refractivity contribution in [2.75, 3.05) is 19.5 Å². The predicted molar refractivity (Wildman–Crippen MR) is 73.6 cm³/mol. The average molecular weight is 259 g/mol. The maximum Gasteiger partial charge on any atom is 0.129 e. The van der Waals surface area contributed by atoms with Gasteiger partial charge in [-0.1, -0.05) is 0 Å². The summed E-state index contributed by atoms with van der Waals surface area (Å²) in [6.45, 7) is 2.57. The lowest BCUT2D eigenvalue weighted by Gasteiger charge is -2.10.